The third kappa shape index (κ3) is 2.14. The maximum Gasteiger partial charge on any atom is 0.0410 e. The minimum Gasteiger partial charge on any atom is -0.377 e. The third-order valence-corrected chi connectivity index (χ3v) is 2.51. The maximum atomic E-state index is 5.86. The zero-order valence-electron chi connectivity index (χ0n) is 7.14. The standard InChI is InChI=1S/C9H11BrClN/c1-12(2)9-4-3-8(11)5-7(9)6-10/h3-5H,6H2,1-2H3. The molecule has 0 fully saturated rings. The van der Waals surface area contributed by atoms with E-state index in [2.05, 4.69) is 20.8 Å². The van der Waals surface area contributed by atoms with Crippen LogP contribution in [0, 0.1) is 0 Å². The fraction of sp³-hybridized carbons (Fsp3) is 0.333. The summed E-state index contributed by atoms with van der Waals surface area (Å²) in [6, 6.07) is 5.91. The van der Waals surface area contributed by atoms with E-state index in [1.54, 1.807) is 0 Å². The Bertz CT molecular complexity index is 273. The highest BCUT2D eigenvalue weighted by Crippen LogP contribution is 2.24. The lowest BCUT2D eigenvalue weighted by molar-refractivity contribution is 1.11. The highest BCUT2D eigenvalue weighted by atomic mass is 79.9. The molecule has 0 spiro atoms. The van der Waals surface area contributed by atoms with Gasteiger partial charge < -0.3 is 4.90 Å². The summed E-state index contributed by atoms with van der Waals surface area (Å²) in [5, 5.41) is 1.62. The van der Waals surface area contributed by atoms with E-state index in [0.717, 1.165) is 10.4 Å². The number of alkyl halides is 1. The molecule has 66 valence electrons. The zero-order valence-corrected chi connectivity index (χ0v) is 9.48. The molecule has 1 aromatic rings. The maximum absolute atomic E-state index is 5.86. The van der Waals surface area contributed by atoms with Gasteiger partial charge in [0.1, 0.15) is 0 Å². The molecule has 1 nitrogen and oxygen atoms in total. The molecule has 1 rings (SSSR count). The second kappa shape index (κ2) is 4.15. The molecular formula is C9H11BrClN. The van der Waals surface area contributed by atoms with Crippen LogP contribution in [0.5, 0.6) is 0 Å². The second-order valence-corrected chi connectivity index (χ2v) is 3.80. The lowest BCUT2D eigenvalue weighted by atomic mass is 10.2. The van der Waals surface area contributed by atoms with Gasteiger partial charge in [-0.3, -0.25) is 0 Å². The van der Waals surface area contributed by atoms with Crippen LogP contribution in [0.25, 0.3) is 0 Å². The average molecular weight is 249 g/mol. The first-order chi connectivity index (χ1) is 5.65. The molecule has 0 amide bonds. The van der Waals surface area contributed by atoms with Crippen LogP contribution in [0.15, 0.2) is 18.2 Å². The van der Waals surface area contributed by atoms with Gasteiger partial charge in [-0.15, -0.1) is 0 Å². The molecule has 0 bridgehead atoms. The Balaban J connectivity index is 3.11. The number of anilines is 1. The van der Waals surface area contributed by atoms with Crippen molar-refractivity contribution in [2.75, 3.05) is 19.0 Å². The van der Waals surface area contributed by atoms with Crippen molar-refractivity contribution in [3.05, 3.63) is 28.8 Å². The van der Waals surface area contributed by atoms with Crippen molar-refractivity contribution < 1.29 is 0 Å². The van der Waals surface area contributed by atoms with Gasteiger partial charge in [0.15, 0.2) is 0 Å². The van der Waals surface area contributed by atoms with Gasteiger partial charge in [-0.05, 0) is 23.8 Å². The summed E-state index contributed by atoms with van der Waals surface area (Å²) in [6.45, 7) is 0. The lowest BCUT2D eigenvalue weighted by Crippen LogP contribution is -2.10. The van der Waals surface area contributed by atoms with Gasteiger partial charge in [-0.1, -0.05) is 27.5 Å². The molecule has 0 aliphatic carbocycles. The van der Waals surface area contributed by atoms with Crippen LogP contribution in [0.4, 0.5) is 5.69 Å². The summed E-state index contributed by atoms with van der Waals surface area (Å²) in [5.41, 5.74) is 2.42. The van der Waals surface area contributed by atoms with Crippen LogP contribution in [-0.2, 0) is 5.33 Å². The Labute approximate surface area is 86.5 Å². The Hall–Kier alpha value is -0.210. The SMILES string of the molecule is CN(C)c1ccc(Cl)cc1CBr. The van der Waals surface area contributed by atoms with E-state index < -0.39 is 0 Å². The van der Waals surface area contributed by atoms with E-state index in [9.17, 15) is 0 Å². The predicted molar refractivity (Wildman–Crippen MR) is 58.4 cm³/mol. The van der Waals surface area contributed by atoms with Gasteiger partial charge in [0.25, 0.3) is 0 Å². The third-order valence-electron chi connectivity index (χ3n) is 1.67. The van der Waals surface area contributed by atoms with Crippen molar-refractivity contribution in [1.82, 2.24) is 0 Å². The lowest BCUT2D eigenvalue weighted by Gasteiger charge is -2.16. The van der Waals surface area contributed by atoms with Crippen LogP contribution >= 0.6 is 27.5 Å². The molecule has 0 aliphatic heterocycles. The van der Waals surface area contributed by atoms with Crippen molar-refractivity contribution in [2.24, 2.45) is 0 Å². The fourth-order valence-electron chi connectivity index (χ4n) is 1.10. The van der Waals surface area contributed by atoms with Crippen LogP contribution in [0.3, 0.4) is 0 Å². The molecular weight excluding hydrogens is 237 g/mol. The zero-order chi connectivity index (χ0) is 9.14. The molecule has 1 aromatic carbocycles. The second-order valence-electron chi connectivity index (χ2n) is 2.80. The Kier molecular flexibility index (Phi) is 3.41. The molecule has 0 atom stereocenters. The molecule has 0 saturated carbocycles. The fourth-order valence-corrected chi connectivity index (χ4v) is 1.74. The van der Waals surface area contributed by atoms with E-state index in [1.165, 1.54) is 11.3 Å². The summed E-state index contributed by atoms with van der Waals surface area (Å²) in [6.07, 6.45) is 0. The van der Waals surface area contributed by atoms with E-state index in [4.69, 9.17) is 11.6 Å². The first kappa shape index (κ1) is 9.87. The van der Waals surface area contributed by atoms with E-state index in [0.29, 0.717) is 0 Å². The number of rotatable bonds is 2. The summed E-state index contributed by atoms with van der Waals surface area (Å²) in [4.78, 5) is 2.08. The molecule has 0 heterocycles. The minimum atomic E-state index is 0.787. The minimum absolute atomic E-state index is 0.787. The van der Waals surface area contributed by atoms with Gasteiger partial charge >= 0.3 is 0 Å². The molecule has 0 radical (unpaired) electrons. The summed E-state index contributed by atoms with van der Waals surface area (Å²) in [5.74, 6) is 0. The normalized spacial score (nSPS) is 10.0. The van der Waals surface area contributed by atoms with Gasteiger partial charge in [-0.25, -0.2) is 0 Å². The highest BCUT2D eigenvalue weighted by molar-refractivity contribution is 9.08. The van der Waals surface area contributed by atoms with Gasteiger partial charge in [0, 0.05) is 30.1 Å². The van der Waals surface area contributed by atoms with Gasteiger partial charge in [0.2, 0.25) is 0 Å². The van der Waals surface area contributed by atoms with Crippen molar-refractivity contribution in [3.63, 3.8) is 0 Å². The van der Waals surface area contributed by atoms with Gasteiger partial charge in [-0.2, -0.15) is 0 Å². The predicted octanol–water partition coefficient (Wildman–Crippen LogP) is 3.30. The Morgan fingerprint density at radius 1 is 1.42 bits per heavy atom. The quantitative estimate of drug-likeness (QED) is 0.726. The first-order valence-electron chi connectivity index (χ1n) is 3.67. The topological polar surface area (TPSA) is 3.24 Å². The molecule has 0 saturated heterocycles. The van der Waals surface area contributed by atoms with Crippen molar-refractivity contribution in [1.29, 1.82) is 0 Å². The van der Waals surface area contributed by atoms with E-state index in [1.807, 2.05) is 32.3 Å². The number of halogens is 2. The summed E-state index contributed by atoms with van der Waals surface area (Å²) >= 11 is 9.29. The van der Waals surface area contributed by atoms with Crippen LogP contribution < -0.4 is 4.90 Å². The van der Waals surface area contributed by atoms with Crippen molar-refractivity contribution in [2.45, 2.75) is 5.33 Å². The Morgan fingerprint density at radius 3 is 2.58 bits per heavy atom. The number of nitrogens with zero attached hydrogens (tertiary/aromatic N) is 1. The smallest absolute Gasteiger partial charge is 0.0410 e. The molecule has 0 aliphatic rings. The van der Waals surface area contributed by atoms with Crippen molar-refractivity contribution >= 4 is 33.2 Å². The van der Waals surface area contributed by atoms with E-state index >= 15 is 0 Å². The Morgan fingerprint density at radius 2 is 2.08 bits per heavy atom. The molecule has 12 heavy (non-hydrogen) atoms. The average Bonchev–Trinajstić information content (AvgIpc) is 2.03. The molecule has 0 aromatic heterocycles. The molecule has 0 N–H and O–H groups in total. The molecule has 3 heteroatoms. The monoisotopic (exact) mass is 247 g/mol. The molecule has 0 unspecified atom stereocenters. The number of benzene rings is 1. The van der Waals surface area contributed by atoms with Crippen LogP contribution in [-0.4, -0.2) is 14.1 Å². The first-order valence-corrected chi connectivity index (χ1v) is 5.17. The summed E-state index contributed by atoms with van der Waals surface area (Å²) < 4.78 is 0. The van der Waals surface area contributed by atoms with Gasteiger partial charge in [0.05, 0.1) is 0 Å². The summed E-state index contributed by atoms with van der Waals surface area (Å²) in [7, 11) is 4.05. The van der Waals surface area contributed by atoms with Crippen molar-refractivity contribution in [3.8, 4) is 0 Å². The van der Waals surface area contributed by atoms with E-state index in [-0.39, 0.29) is 0 Å². The van der Waals surface area contributed by atoms with Crippen LogP contribution in [0.2, 0.25) is 5.02 Å². The number of hydrogen-bond acceptors (Lipinski definition) is 1. The van der Waals surface area contributed by atoms with Crippen LogP contribution in [0.1, 0.15) is 5.56 Å². The highest BCUT2D eigenvalue weighted by Gasteiger charge is 2.02. The largest absolute Gasteiger partial charge is 0.377 e. The number of hydrogen-bond donors (Lipinski definition) is 0.